The summed E-state index contributed by atoms with van der Waals surface area (Å²) in [5.74, 6) is 0. The standard InChI is InChI=1S/C75H60N2/c1-73(2,3)50-36-43-60-61-44-37-51(74(4,5)6)47-68(61)75(67(60)46-50)66-32-18-14-28-59(66)62-45-42-54(48-69(62)75)76(52-38-40-53(41-39-52)77-71-34-20-16-30-64(71)65-31-17-21-35-72(65)77)70-33-19-15-29-63(70)58-27-13-12-26-57(58)56-25-11-10-24-55(56)49-22-8-7-9-23-49/h7-48H,1-6H3. The Hall–Kier alpha value is -8.98. The molecule has 2 heteroatoms. The van der Waals surface area contributed by atoms with Gasteiger partial charge in [0, 0.05) is 33.4 Å². The van der Waals surface area contributed by atoms with Crippen LogP contribution in [-0.4, -0.2) is 4.57 Å². The summed E-state index contributed by atoms with van der Waals surface area (Å²) in [6.07, 6.45) is 0. The van der Waals surface area contributed by atoms with Gasteiger partial charge in [-0.1, -0.05) is 242 Å². The second-order valence-corrected chi connectivity index (χ2v) is 23.2. The highest BCUT2D eigenvalue weighted by atomic mass is 15.1. The molecule has 370 valence electrons. The average Bonchev–Trinajstić information content (AvgIpc) is 3.84. The zero-order valence-electron chi connectivity index (χ0n) is 44.6. The summed E-state index contributed by atoms with van der Waals surface area (Å²) in [6, 6.07) is 95.7. The minimum Gasteiger partial charge on any atom is -0.310 e. The average molecular weight is 989 g/mol. The van der Waals surface area contributed by atoms with Gasteiger partial charge < -0.3 is 9.47 Å². The summed E-state index contributed by atoms with van der Waals surface area (Å²) in [5.41, 5.74) is 26.5. The molecular formula is C75H60N2. The highest BCUT2D eigenvalue weighted by Gasteiger charge is 2.52. The molecule has 14 rings (SSSR count). The number of benzene rings is 11. The number of para-hydroxylation sites is 3. The van der Waals surface area contributed by atoms with E-state index in [1.54, 1.807) is 0 Å². The number of aromatic nitrogens is 1. The van der Waals surface area contributed by atoms with Crippen molar-refractivity contribution in [1.82, 2.24) is 4.57 Å². The molecule has 0 radical (unpaired) electrons. The Morgan fingerprint density at radius 1 is 0.312 bits per heavy atom. The second-order valence-electron chi connectivity index (χ2n) is 23.2. The van der Waals surface area contributed by atoms with Crippen LogP contribution in [0.4, 0.5) is 17.1 Å². The normalized spacial score (nSPS) is 13.2. The Morgan fingerprint density at radius 2 is 0.727 bits per heavy atom. The fourth-order valence-corrected chi connectivity index (χ4v) is 13.1. The Bertz CT molecular complexity index is 4170. The summed E-state index contributed by atoms with van der Waals surface area (Å²) in [7, 11) is 0. The maximum atomic E-state index is 2.55. The monoisotopic (exact) mass is 988 g/mol. The fourth-order valence-electron chi connectivity index (χ4n) is 13.1. The first-order valence-electron chi connectivity index (χ1n) is 27.3. The highest BCUT2D eigenvalue weighted by molar-refractivity contribution is 6.09. The van der Waals surface area contributed by atoms with Crippen LogP contribution >= 0.6 is 0 Å². The van der Waals surface area contributed by atoms with Crippen molar-refractivity contribution in [2.75, 3.05) is 4.90 Å². The molecule has 0 bridgehead atoms. The van der Waals surface area contributed by atoms with Crippen LogP contribution in [-0.2, 0) is 16.2 Å². The number of hydrogen-bond acceptors (Lipinski definition) is 1. The Morgan fingerprint density at radius 3 is 1.31 bits per heavy atom. The van der Waals surface area contributed by atoms with Gasteiger partial charge in [0.2, 0.25) is 0 Å². The van der Waals surface area contributed by atoms with E-state index in [2.05, 4.69) is 306 Å². The summed E-state index contributed by atoms with van der Waals surface area (Å²) >= 11 is 0. The third-order valence-electron chi connectivity index (χ3n) is 16.8. The van der Waals surface area contributed by atoms with Crippen molar-refractivity contribution in [2.24, 2.45) is 0 Å². The first-order chi connectivity index (χ1) is 37.5. The molecule has 1 heterocycles. The molecule has 2 nitrogen and oxygen atoms in total. The molecule has 1 spiro atoms. The molecular weight excluding hydrogens is 929 g/mol. The van der Waals surface area contributed by atoms with Crippen molar-refractivity contribution < 1.29 is 0 Å². The van der Waals surface area contributed by atoms with Crippen LogP contribution in [0.3, 0.4) is 0 Å². The van der Waals surface area contributed by atoms with E-state index in [0.29, 0.717) is 0 Å². The van der Waals surface area contributed by atoms with Gasteiger partial charge in [-0.15, -0.1) is 0 Å². The predicted octanol–water partition coefficient (Wildman–Crippen LogP) is 20.2. The number of rotatable bonds is 7. The number of hydrogen-bond donors (Lipinski definition) is 0. The lowest BCUT2D eigenvalue weighted by atomic mass is 9.68. The molecule has 12 aromatic rings. The molecule has 11 aromatic carbocycles. The largest absolute Gasteiger partial charge is 0.310 e. The van der Waals surface area contributed by atoms with Gasteiger partial charge in [0.25, 0.3) is 0 Å². The van der Waals surface area contributed by atoms with Crippen LogP contribution in [0.25, 0.3) is 83.1 Å². The molecule has 0 saturated heterocycles. The molecule has 1 aromatic heterocycles. The van der Waals surface area contributed by atoms with Gasteiger partial charge in [-0.25, -0.2) is 0 Å². The lowest BCUT2D eigenvalue weighted by molar-refractivity contribution is 0.586. The smallest absolute Gasteiger partial charge is 0.0726 e. The van der Waals surface area contributed by atoms with E-state index in [0.717, 1.165) is 28.3 Å². The van der Waals surface area contributed by atoms with Crippen molar-refractivity contribution >= 4 is 38.9 Å². The summed E-state index contributed by atoms with van der Waals surface area (Å²) in [4.78, 5) is 2.52. The summed E-state index contributed by atoms with van der Waals surface area (Å²) in [5, 5.41) is 2.50. The quantitative estimate of drug-likeness (QED) is 0.154. The molecule has 0 aliphatic heterocycles. The van der Waals surface area contributed by atoms with Crippen molar-refractivity contribution in [1.29, 1.82) is 0 Å². The molecule has 0 saturated carbocycles. The summed E-state index contributed by atoms with van der Waals surface area (Å²) < 4.78 is 2.41. The van der Waals surface area contributed by atoms with Gasteiger partial charge in [0.05, 0.1) is 22.1 Å². The molecule has 0 N–H and O–H groups in total. The Balaban J connectivity index is 1.03. The number of anilines is 3. The molecule has 77 heavy (non-hydrogen) atoms. The minimum atomic E-state index is -0.561. The molecule has 0 atom stereocenters. The van der Waals surface area contributed by atoms with Crippen LogP contribution in [0.1, 0.15) is 74.9 Å². The first kappa shape index (κ1) is 46.5. The molecule has 0 amide bonds. The van der Waals surface area contributed by atoms with E-state index in [9.17, 15) is 0 Å². The maximum Gasteiger partial charge on any atom is 0.0726 e. The first-order valence-corrected chi connectivity index (χ1v) is 27.3. The van der Waals surface area contributed by atoms with Crippen molar-refractivity contribution in [2.45, 2.75) is 57.8 Å². The predicted molar refractivity (Wildman–Crippen MR) is 325 cm³/mol. The van der Waals surface area contributed by atoms with Crippen LogP contribution < -0.4 is 4.90 Å². The minimum absolute atomic E-state index is 0.0475. The molecule has 0 fully saturated rings. The van der Waals surface area contributed by atoms with Gasteiger partial charge in [-0.05, 0) is 149 Å². The SMILES string of the molecule is CC(C)(C)c1ccc2c(c1)C1(c3ccccc3-c3ccc(N(c4ccc(-n5c6ccccc6c6ccccc65)cc4)c4ccccc4-c4ccccc4-c4ccccc4-c4ccccc4)cc31)c1cc(C(C)(C)C)ccc1-2. The topological polar surface area (TPSA) is 8.17 Å². The van der Waals surface area contributed by atoms with E-state index >= 15 is 0 Å². The highest BCUT2D eigenvalue weighted by Crippen LogP contribution is 2.64. The van der Waals surface area contributed by atoms with Crippen molar-refractivity contribution in [3.05, 3.63) is 288 Å². The zero-order chi connectivity index (χ0) is 52.2. The second kappa shape index (κ2) is 17.5. The lowest BCUT2D eigenvalue weighted by Crippen LogP contribution is -2.27. The van der Waals surface area contributed by atoms with Gasteiger partial charge in [0.1, 0.15) is 0 Å². The van der Waals surface area contributed by atoms with Crippen molar-refractivity contribution in [3.8, 4) is 61.3 Å². The van der Waals surface area contributed by atoms with E-state index in [-0.39, 0.29) is 10.8 Å². The van der Waals surface area contributed by atoms with Gasteiger partial charge in [0.15, 0.2) is 0 Å². The number of nitrogens with zero attached hydrogens (tertiary/aromatic N) is 2. The zero-order valence-corrected chi connectivity index (χ0v) is 44.6. The van der Waals surface area contributed by atoms with Crippen LogP contribution in [0.15, 0.2) is 255 Å². The molecule has 0 unspecified atom stereocenters. The third kappa shape index (κ3) is 7.23. The van der Waals surface area contributed by atoms with Gasteiger partial charge in [-0.2, -0.15) is 0 Å². The Labute approximate surface area is 453 Å². The van der Waals surface area contributed by atoms with Crippen LogP contribution in [0.5, 0.6) is 0 Å². The van der Waals surface area contributed by atoms with E-state index in [4.69, 9.17) is 0 Å². The third-order valence-corrected chi connectivity index (χ3v) is 16.8. The maximum absolute atomic E-state index is 2.55. The van der Waals surface area contributed by atoms with Crippen molar-refractivity contribution in [3.63, 3.8) is 0 Å². The fraction of sp³-hybridized carbons (Fsp3) is 0.120. The Kier molecular flexibility index (Phi) is 10.6. The van der Waals surface area contributed by atoms with E-state index < -0.39 is 5.41 Å². The van der Waals surface area contributed by atoms with Gasteiger partial charge in [-0.3, -0.25) is 0 Å². The van der Waals surface area contributed by atoms with Crippen LogP contribution in [0, 0.1) is 0 Å². The lowest BCUT2D eigenvalue weighted by Gasteiger charge is -2.34. The molecule has 2 aliphatic carbocycles. The number of fused-ring (bicyclic) bond motifs is 13. The van der Waals surface area contributed by atoms with Crippen LogP contribution in [0.2, 0.25) is 0 Å². The molecule has 2 aliphatic rings. The van der Waals surface area contributed by atoms with Gasteiger partial charge >= 0.3 is 0 Å². The van der Waals surface area contributed by atoms with E-state index in [1.807, 2.05) is 0 Å². The van der Waals surface area contributed by atoms with E-state index in [1.165, 1.54) is 105 Å². The summed E-state index contributed by atoms with van der Waals surface area (Å²) in [6.45, 7) is 14.1.